The van der Waals surface area contributed by atoms with Crippen LogP contribution >= 0.6 is 0 Å². The summed E-state index contributed by atoms with van der Waals surface area (Å²) in [6, 6.07) is 2.09. The molecule has 1 saturated carbocycles. The second kappa shape index (κ2) is 6.65. The minimum atomic E-state index is -1.10. The van der Waals surface area contributed by atoms with E-state index in [1.807, 2.05) is 0 Å². The molecule has 1 aromatic carbocycles. The minimum Gasteiger partial charge on any atom is -0.368 e. The summed E-state index contributed by atoms with van der Waals surface area (Å²) in [6.07, 6.45) is 4.75. The Morgan fingerprint density at radius 2 is 1.81 bits per heavy atom. The largest absolute Gasteiger partial charge is 0.368 e. The van der Waals surface area contributed by atoms with Crippen LogP contribution in [-0.2, 0) is 4.79 Å². The number of rotatable bonds is 4. The Balaban J connectivity index is 2.10. The summed E-state index contributed by atoms with van der Waals surface area (Å²) in [5.41, 5.74) is 5.33. The van der Waals surface area contributed by atoms with Gasteiger partial charge in [0, 0.05) is 5.56 Å². The van der Waals surface area contributed by atoms with Crippen molar-refractivity contribution in [1.29, 1.82) is 0 Å². The van der Waals surface area contributed by atoms with Crippen LogP contribution in [0.5, 0.6) is 0 Å². The fraction of sp³-hybridized carbons (Fsp3) is 0.467. The van der Waals surface area contributed by atoms with E-state index in [0.29, 0.717) is 0 Å². The highest BCUT2D eigenvalue weighted by atomic mass is 19.2. The van der Waals surface area contributed by atoms with Gasteiger partial charge in [0.05, 0.1) is 0 Å². The molecule has 0 spiro atoms. The predicted octanol–water partition coefficient (Wildman–Crippen LogP) is 2.13. The van der Waals surface area contributed by atoms with Gasteiger partial charge in [0.25, 0.3) is 5.91 Å². The monoisotopic (exact) mass is 296 g/mol. The summed E-state index contributed by atoms with van der Waals surface area (Å²) in [5, 5.41) is 2.55. The molecule has 0 unspecified atom stereocenters. The second-order valence-electron chi connectivity index (χ2n) is 5.38. The maximum atomic E-state index is 13.1. The van der Waals surface area contributed by atoms with Gasteiger partial charge in [-0.3, -0.25) is 9.59 Å². The van der Waals surface area contributed by atoms with E-state index in [1.54, 1.807) is 0 Å². The first-order valence-corrected chi connectivity index (χ1v) is 7.04. The molecular formula is C15H18F2N2O2. The number of carbonyl (C=O) groups is 2. The third-order valence-corrected chi connectivity index (χ3v) is 3.90. The molecule has 0 radical (unpaired) electrons. The van der Waals surface area contributed by atoms with E-state index < -0.39 is 29.5 Å². The maximum Gasteiger partial charge on any atom is 0.252 e. The highest BCUT2D eigenvalue weighted by molar-refractivity contribution is 5.97. The van der Waals surface area contributed by atoms with Crippen LogP contribution in [0.4, 0.5) is 8.78 Å². The van der Waals surface area contributed by atoms with Crippen LogP contribution in [0.3, 0.4) is 0 Å². The first kappa shape index (κ1) is 15.4. The number of halogens is 2. The molecule has 1 aliphatic rings. The first-order valence-electron chi connectivity index (χ1n) is 7.04. The van der Waals surface area contributed by atoms with Gasteiger partial charge in [-0.2, -0.15) is 0 Å². The fourth-order valence-electron chi connectivity index (χ4n) is 2.75. The quantitative estimate of drug-likeness (QED) is 0.893. The topological polar surface area (TPSA) is 72.2 Å². The van der Waals surface area contributed by atoms with Gasteiger partial charge in [-0.15, -0.1) is 0 Å². The third-order valence-electron chi connectivity index (χ3n) is 3.90. The molecule has 0 aliphatic heterocycles. The van der Waals surface area contributed by atoms with Gasteiger partial charge >= 0.3 is 0 Å². The Labute approximate surface area is 121 Å². The van der Waals surface area contributed by atoms with E-state index in [0.717, 1.165) is 44.2 Å². The number of hydrogen-bond donors (Lipinski definition) is 2. The van der Waals surface area contributed by atoms with Crippen molar-refractivity contribution in [2.75, 3.05) is 0 Å². The molecule has 2 amide bonds. The van der Waals surface area contributed by atoms with E-state index in [4.69, 9.17) is 5.73 Å². The molecule has 3 N–H and O–H groups in total. The van der Waals surface area contributed by atoms with Gasteiger partial charge in [-0.1, -0.05) is 19.3 Å². The molecule has 21 heavy (non-hydrogen) atoms. The number of amides is 2. The molecule has 1 atom stereocenters. The average molecular weight is 296 g/mol. The summed E-state index contributed by atoms with van der Waals surface area (Å²) in [7, 11) is 0. The third kappa shape index (κ3) is 3.77. The van der Waals surface area contributed by atoms with Gasteiger partial charge < -0.3 is 11.1 Å². The second-order valence-corrected chi connectivity index (χ2v) is 5.38. The van der Waals surface area contributed by atoms with Crippen LogP contribution < -0.4 is 11.1 Å². The van der Waals surface area contributed by atoms with E-state index in [9.17, 15) is 18.4 Å². The van der Waals surface area contributed by atoms with Crippen LogP contribution in [0, 0.1) is 17.6 Å². The minimum absolute atomic E-state index is 0.00509. The highest BCUT2D eigenvalue weighted by Gasteiger charge is 2.29. The SMILES string of the molecule is NC(=O)[C@H](NC(=O)c1ccc(F)c(F)c1)C1CCCCC1. The predicted molar refractivity (Wildman–Crippen MR) is 73.4 cm³/mol. The lowest BCUT2D eigenvalue weighted by Crippen LogP contribution is -2.49. The summed E-state index contributed by atoms with van der Waals surface area (Å²) >= 11 is 0. The Morgan fingerprint density at radius 3 is 2.38 bits per heavy atom. The van der Waals surface area contributed by atoms with Crippen molar-refractivity contribution >= 4 is 11.8 Å². The lowest BCUT2D eigenvalue weighted by Gasteiger charge is -2.28. The zero-order valence-electron chi connectivity index (χ0n) is 11.6. The summed E-state index contributed by atoms with van der Waals surface area (Å²) in [4.78, 5) is 23.6. The normalized spacial score (nSPS) is 17.2. The van der Waals surface area contributed by atoms with Crippen molar-refractivity contribution in [1.82, 2.24) is 5.32 Å². The smallest absolute Gasteiger partial charge is 0.252 e. The van der Waals surface area contributed by atoms with Gasteiger partial charge in [0.2, 0.25) is 5.91 Å². The number of nitrogens with two attached hydrogens (primary N) is 1. The molecule has 0 heterocycles. The van der Waals surface area contributed by atoms with Gasteiger partial charge in [0.15, 0.2) is 11.6 Å². The first-order chi connectivity index (χ1) is 9.99. The average Bonchev–Trinajstić information content (AvgIpc) is 2.48. The Bertz CT molecular complexity index is 542. The molecule has 4 nitrogen and oxygen atoms in total. The lowest BCUT2D eigenvalue weighted by molar-refractivity contribution is -0.121. The Morgan fingerprint density at radius 1 is 1.14 bits per heavy atom. The van der Waals surface area contributed by atoms with E-state index in [1.165, 1.54) is 6.07 Å². The van der Waals surface area contributed by atoms with Gasteiger partial charge in [0.1, 0.15) is 6.04 Å². The van der Waals surface area contributed by atoms with Crippen LogP contribution in [0.25, 0.3) is 0 Å². The van der Waals surface area contributed by atoms with E-state index in [-0.39, 0.29) is 11.5 Å². The van der Waals surface area contributed by atoms with Crippen molar-refractivity contribution in [3.05, 3.63) is 35.4 Å². The molecule has 0 aromatic heterocycles. The van der Waals surface area contributed by atoms with E-state index >= 15 is 0 Å². The highest BCUT2D eigenvalue weighted by Crippen LogP contribution is 2.26. The van der Waals surface area contributed by atoms with Gasteiger partial charge in [-0.25, -0.2) is 8.78 Å². The number of benzene rings is 1. The van der Waals surface area contributed by atoms with Gasteiger partial charge in [-0.05, 0) is 37.0 Å². The molecule has 2 rings (SSSR count). The van der Waals surface area contributed by atoms with Crippen molar-refractivity contribution in [2.24, 2.45) is 11.7 Å². The Hall–Kier alpha value is -1.98. The standard InChI is InChI=1S/C15H18F2N2O2/c16-11-7-6-10(8-12(11)17)15(21)19-13(14(18)20)9-4-2-1-3-5-9/h6-9,13H,1-5H2,(H2,18,20)(H,19,21)/t13-/m1/s1. The zero-order chi connectivity index (χ0) is 15.4. The van der Waals surface area contributed by atoms with Crippen molar-refractivity contribution in [3.63, 3.8) is 0 Å². The summed E-state index contributed by atoms with van der Waals surface area (Å²) in [5.74, 6) is -3.34. The molecule has 6 heteroatoms. The lowest BCUT2D eigenvalue weighted by atomic mass is 9.83. The molecule has 1 aliphatic carbocycles. The van der Waals surface area contributed by atoms with Crippen LogP contribution in [-0.4, -0.2) is 17.9 Å². The van der Waals surface area contributed by atoms with Crippen LogP contribution in [0.15, 0.2) is 18.2 Å². The summed E-state index contributed by atoms with van der Waals surface area (Å²) < 4.78 is 26.0. The summed E-state index contributed by atoms with van der Waals surface area (Å²) in [6.45, 7) is 0. The maximum absolute atomic E-state index is 13.1. The number of hydrogen-bond acceptors (Lipinski definition) is 2. The molecular weight excluding hydrogens is 278 g/mol. The molecule has 0 saturated heterocycles. The number of nitrogens with one attached hydrogen (secondary N) is 1. The van der Waals surface area contributed by atoms with Crippen molar-refractivity contribution in [3.8, 4) is 0 Å². The molecule has 1 fully saturated rings. The fourth-order valence-corrected chi connectivity index (χ4v) is 2.75. The molecule has 0 bridgehead atoms. The zero-order valence-corrected chi connectivity index (χ0v) is 11.6. The van der Waals surface area contributed by atoms with Crippen molar-refractivity contribution < 1.29 is 18.4 Å². The van der Waals surface area contributed by atoms with E-state index in [2.05, 4.69) is 5.32 Å². The Kier molecular flexibility index (Phi) is 4.88. The van der Waals surface area contributed by atoms with Crippen LogP contribution in [0.2, 0.25) is 0 Å². The molecule has 1 aromatic rings. The van der Waals surface area contributed by atoms with Crippen molar-refractivity contribution in [2.45, 2.75) is 38.1 Å². The van der Waals surface area contributed by atoms with Crippen LogP contribution in [0.1, 0.15) is 42.5 Å². The number of carbonyl (C=O) groups excluding carboxylic acids is 2. The molecule has 114 valence electrons. The number of primary amides is 1.